The highest BCUT2D eigenvalue weighted by Gasteiger charge is 2.26. The second-order valence-corrected chi connectivity index (χ2v) is 10.6. The van der Waals surface area contributed by atoms with Crippen molar-refractivity contribution in [3.63, 3.8) is 0 Å². The van der Waals surface area contributed by atoms with Crippen molar-refractivity contribution in [1.82, 2.24) is 0 Å². The lowest BCUT2D eigenvalue weighted by molar-refractivity contribution is -0.929. The molecule has 0 bridgehead atoms. The monoisotopic (exact) mass is 525 g/mol. The van der Waals surface area contributed by atoms with Crippen LogP contribution >= 0.6 is 0 Å². The minimum absolute atomic E-state index is 0.0262. The van der Waals surface area contributed by atoms with Crippen molar-refractivity contribution in [2.75, 3.05) is 26.2 Å². The first-order chi connectivity index (χ1) is 17.8. The number of carboxylic acids is 3. The van der Waals surface area contributed by atoms with Crippen LogP contribution in [-0.2, 0) is 14.4 Å². The van der Waals surface area contributed by atoms with Crippen LogP contribution in [0.15, 0.2) is 12.2 Å². The van der Waals surface area contributed by atoms with Gasteiger partial charge in [-0.05, 0) is 44.9 Å². The number of carbonyl (C=O) groups is 3. The summed E-state index contributed by atoms with van der Waals surface area (Å²) in [5.74, 6) is -2.76. The molecular formula is C30H55NO6. The molecular weight excluding hydrogens is 470 g/mol. The maximum absolute atomic E-state index is 11.0. The van der Waals surface area contributed by atoms with Crippen LogP contribution in [0.2, 0.25) is 0 Å². The highest BCUT2D eigenvalue weighted by Crippen LogP contribution is 2.18. The number of carboxylic acid groups (broad SMARTS) is 3. The Kier molecular flexibility index (Phi) is 23.2. The topological polar surface area (TPSA) is 115 Å². The summed E-state index contributed by atoms with van der Waals surface area (Å²) in [7, 11) is 0. The lowest BCUT2D eigenvalue weighted by Crippen LogP contribution is -2.51. The highest BCUT2D eigenvalue weighted by molar-refractivity contribution is 5.66. The predicted octanol–water partition coefficient (Wildman–Crippen LogP) is 6.10. The molecule has 0 fully saturated rings. The molecule has 0 heterocycles. The highest BCUT2D eigenvalue weighted by atomic mass is 16.4. The molecule has 0 unspecified atom stereocenters. The molecule has 0 aliphatic rings. The summed E-state index contributed by atoms with van der Waals surface area (Å²) in [6.07, 6.45) is 23.7. The molecule has 0 saturated heterocycles. The zero-order valence-corrected chi connectivity index (χ0v) is 23.6. The SMILES string of the molecule is CCCCCCCCCCC/C=C/CCCCC[N+](CCCC(=O)[O-])(CCCC(=O)O)CCCC(=O)O. The van der Waals surface area contributed by atoms with Crippen LogP contribution in [0.4, 0.5) is 0 Å². The fraction of sp³-hybridized carbons (Fsp3) is 0.833. The molecule has 7 heteroatoms. The third kappa shape index (κ3) is 24.2. The Hall–Kier alpha value is -1.89. The average molecular weight is 526 g/mol. The van der Waals surface area contributed by atoms with Gasteiger partial charge in [0, 0.05) is 25.2 Å². The van der Waals surface area contributed by atoms with Gasteiger partial charge >= 0.3 is 11.9 Å². The van der Waals surface area contributed by atoms with Crippen molar-refractivity contribution in [3.05, 3.63) is 12.2 Å². The van der Waals surface area contributed by atoms with Gasteiger partial charge in [-0.15, -0.1) is 0 Å². The van der Waals surface area contributed by atoms with E-state index in [-0.39, 0.29) is 19.3 Å². The molecule has 2 N–H and O–H groups in total. The van der Waals surface area contributed by atoms with E-state index in [1.807, 2.05) is 0 Å². The minimum Gasteiger partial charge on any atom is -0.550 e. The number of allylic oxidation sites excluding steroid dienone is 2. The van der Waals surface area contributed by atoms with Crippen LogP contribution in [0.3, 0.4) is 0 Å². The zero-order chi connectivity index (χ0) is 27.6. The van der Waals surface area contributed by atoms with E-state index in [1.165, 1.54) is 57.8 Å². The van der Waals surface area contributed by atoms with Crippen molar-refractivity contribution < 1.29 is 34.2 Å². The summed E-state index contributed by atoms with van der Waals surface area (Å²) in [6, 6.07) is 0. The zero-order valence-electron chi connectivity index (χ0n) is 23.6. The molecule has 0 aromatic carbocycles. The van der Waals surface area contributed by atoms with Gasteiger partial charge in [-0.2, -0.15) is 0 Å². The van der Waals surface area contributed by atoms with Gasteiger partial charge in [0.2, 0.25) is 0 Å². The molecule has 37 heavy (non-hydrogen) atoms. The third-order valence-electron chi connectivity index (χ3n) is 7.20. The summed E-state index contributed by atoms with van der Waals surface area (Å²) in [5.41, 5.74) is 0. The number of hydrogen-bond donors (Lipinski definition) is 2. The molecule has 0 radical (unpaired) electrons. The normalized spacial score (nSPS) is 11.8. The Bertz CT molecular complexity index is 569. The second kappa shape index (κ2) is 24.4. The summed E-state index contributed by atoms with van der Waals surface area (Å²) in [4.78, 5) is 33.0. The Morgan fingerprint density at radius 3 is 1.38 bits per heavy atom. The number of unbranched alkanes of at least 4 members (excludes halogenated alkanes) is 12. The number of carbonyl (C=O) groups excluding carboxylic acids is 1. The van der Waals surface area contributed by atoms with Crippen LogP contribution in [0.5, 0.6) is 0 Å². The van der Waals surface area contributed by atoms with Crippen LogP contribution in [0.1, 0.15) is 135 Å². The van der Waals surface area contributed by atoms with Gasteiger partial charge in [-0.3, -0.25) is 9.59 Å². The third-order valence-corrected chi connectivity index (χ3v) is 7.20. The Labute approximate surface area is 225 Å². The van der Waals surface area contributed by atoms with Gasteiger partial charge in [-0.25, -0.2) is 0 Å². The average Bonchev–Trinajstić information content (AvgIpc) is 2.83. The maximum atomic E-state index is 11.0. The lowest BCUT2D eigenvalue weighted by Gasteiger charge is -2.39. The number of aliphatic carboxylic acids is 3. The molecule has 0 aromatic heterocycles. The summed E-state index contributed by atoms with van der Waals surface area (Å²) >= 11 is 0. The Morgan fingerprint density at radius 2 is 0.946 bits per heavy atom. The molecule has 7 nitrogen and oxygen atoms in total. The Morgan fingerprint density at radius 1 is 0.568 bits per heavy atom. The molecule has 0 atom stereocenters. The quantitative estimate of drug-likeness (QED) is 0.0724. The van der Waals surface area contributed by atoms with E-state index in [9.17, 15) is 19.5 Å². The van der Waals surface area contributed by atoms with Crippen molar-refractivity contribution in [3.8, 4) is 0 Å². The number of quaternary nitrogens is 1. The van der Waals surface area contributed by atoms with Crippen molar-refractivity contribution in [1.29, 1.82) is 0 Å². The summed E-state index contributed by atoms with van der Waals surface area (Å²) in [5, 5.41) is 29.0. The number of rotatable bonds is 28. The first kappa shape index (κ1) is 35.1. The maximum Gasteiger partial charge on any atom is 0.303 e. The standard InChI is InChI=1S/C30H55NO6/c1-2-3-4-5-6-7-8-9-10-11-12-13-14-15-16-17-24-31(25-18-21-28(32)33,26-19-22-29(34)35)27-20-23-30(36)37/h12-13H,2-11,14-27H2,1H3,(H2-,32,33,34,35,36,37)/b13-12+. The van der Waals surface area contributed by atoms with Crippen molar-refractivity contribution >= 4 is 17.9 Å². The molecule has 0 aromatic rings. The largest absolute Gasteiger partial charge is 0.550 e. The molecule has 0 spiro atoms. The van der Waals surface area contributed by atoms with Gasteiger partial charge in [0.05, 0.1) is 39.0 Å². The van der Waals surface area contributed by atoms with Crippen LogP contribution in [-0.4, -0.2) is 58.8 Å². The molecule has 0 saturated carbocycles. The van der Waals surface area contributed by atoms with Gasteiger partial charge in [0.15, 0.2) is 0 Å². The van der Waals surface area contributed by atoms with Gasteiger partial charge in [-0.1, -0.05) is 70.4 Å². The van der Waals surface area contributed by atoms with E-state index >= 15 is 0 Å². The van der Waals surface area contributed by atoms with Gasteiger partial charge in [0.25, 0.3) is 0 Å². The fourth-order valence-corrected chi connectivity index (χ4v) is 5.06. The lowest BCUT2D eigenvalue weighted by atomic mass is 10.1. The van der Waals surface area contributed by atoms with E-state index < -0.39 is 17.9 Å². The van der Waals surface area contributed by atoms with Crippen molar-refractivity contribution in [2.24, 2.45) is 0 Å². The fourth-order valence-electron chi connectivity index (χ4n) is 5.06. The molecule has 0 amide bonds. The van der Waals surface area contributed by atoms with Crippen molar-refractivity contribution in [2.45, 2.75) is 135 Å². The second-order valence-electron chi connectivity index (χ2n) is 10.6. The Balaban J connectivity index is 4.34. The van der Waals surface area contributed by atoms with Crippen LogP contribution < -0.4 is 5.11 Å². The smallest absolute Gasteiger partial charge is 0.303 e. The molecule has 0 rings (SSSR count). The van der Waals surface area contributed by atoms with E-state index in [0.29, 0.717) is 43.4 Å². The van der Waals surface area contributed by atoms with E-state index in [2.05, 4.69) is 19.1 Å². The first-order valence-corrected chi connectivity index (χ1v) is 14.9. The molecule has 216 valence electrons. The van der Waals surface area contributed by atoms with E-state index in [0.717, 1.165) is 38.6 Å². The number of nitrogens with zero attached hydrogens (tertiary/aromatic N) is 1. The van der Waals surface area contributed by atoms with Crippen LogP contribution in [0, 0.1) is 0 Å². The van der Waals surface area contributed by atoms with Crippen LogP contribution in [0.25, 0.3) is 0 Å². The van der Waals surface area contributed by atoms with E-state index in [4.69, 9.17) is 10.2 Å². The molecule has 0 aliphatic heterocycles. The van der Waals surface area contributed by atoms with Gasteiger partial charge < -0.3 is 24.6 Å². The van der Waals surface area contributed by atoms with E-state index in [1.54, 1.807) is 0 Å². The molecule has 0 aliphatic carbocycles. The predicted molar refractivity (Wildman–Crippen MR) is 147 cm³/mol. The summed E-state index contributed by atoms with van der Waals surface area (Å²) < 4.78 is 0.599. The number of hydrogen-bond acceptors (Lipinski definition) is 4. The first-order valence-electron chi connectivity index (χ1n) is 14.9. The van der Waals surface area contributed by atoms with Gasteiger partial charge in [0.1, 0.15) is 0 Å². The summed E-state index contributed by atoms with van der Waals surface area (Å²) in [6.45, 7) is 4.97. The minimum atomic E-state index is -1.08.